The third kappa shape index (κ3) is 1.48. The van der Waals surface area contributed by atoms with Gasteiger partial charge >= 0.3 is 0 Å². The summed E-state index contributed by atoms with van der Waals surface area (Å²) < 4.78 is 0. The third-order valence-electron chi connectivity index (χ3n) is 1.57. The molecule has 0 bridgehead atoms. The zero-order valence-corrected chi connectivity index (χ0v) is 6.40. The summed E-state index contributed by atoms with van der Waals surface area (Å²) in [6, 6.07) is 0. The standard InChI is InChI=1S/C8H9ClO/c1-2-3-6-4-7(9)8(10)5-6/h2,4,6H,1,3,5H2/t6-/m0/s1. The molecular weight excluding hydrogens is 148 g/mol. The minimum atomic E-state index is 0.0634. The molecule has 1 aliphatic carbocycles. The fraction of sp³-hybridized carbons (Fsp3) is 0.375. The van der Waals surface area contributed by atoms with Crippen LogP contribution in [0.5, 0.6) is 0 Å². The first kappa shape index (κ1) is 7.55. The van der Waals surface area contributed by atoms with Gasteiger partial charge in [-0.3, -0.25) is 4.79 Å². The first-order valence-electron chi connectivity index (χ1n) is 3.25. The predicted octanol–water partition coefficient (Wildman–Crippen LogP) is 2.27. The molecule has 0 aromatic rings. The van der Waals surface area contributed by atoms with Crippen LogP contribution in [0.3, 0.4) is 0 Å². The lowest BCUT2D eigenvalue weighted by atomic mass is 10.1. The van der Waals surface area contributed by atoms with Crippen LogP contribution in [-0.2, 0) is 4.79 Å². The highest BCUT2D eigenvalue weighted by atomic mass is 35.5. The summed E-state index contributed by atoms with van der Waals surface area (Å²) in [5, 5.41) is 0.395. The summed E-state index contributed by atoms with van der Waals surface area (Å²) in [7, 11) is 0. The van der Waals surface area contributed by atoms with Crippen molar-refractivity contribution >= 4 is 17.4 Å². The van der Waals surface area contributed by atoms with Gasteiger partial charge in [0.05, 0.1) is 5.03 Å². The molecule has 0 amide bonds. The maximum atomic E-state index is 10.8. The number of allylic oxidation sites excluding steroid dienone is 3. The summed E-state index contributed by atoms with van der Waals surface area (Å²) in [4.78, 5) is 10.8. The second-order valence-electron chi connectivity index (χ2n) is 2.43. The molecule has 2 heteroatoms. The minimum Gasteiger partial charge on any atom is -0.293 e. The van der Waals surface area contributed by atoms with E-state index in [4.69, 9.17) is 11.6 Å². The van der Waals surface area contributed by atoms with Gasteiger partial charge in [0, 0.05) is 6.42 Å². The highest BCUT2D eigenvalue weighted by molar-refractivity contribution is 6.43. The normalized spacial score (nSPS) is 24.7. The number of ketones is 1. The van der Waals surface area contributed by atoms with Crippen LogP contribution in [0.15, 0.2) is 23.8 Å². The summed E-state index contributed by atoms with van der Waals surface area (Å²) in [5.74, 6) is 0.367. The molecule has 0 spiro atoms. The molecule has 1 rings (SSSR count). The summed E-state index contributed by atoms with van der Waals surface area (Å²) in [5.41, 5.74) is 0. The Labute approximate surface area is 65.4 Å². The Morgan fingerprint density at radius 3 is 3.00 bits per heavy atom. The molecule has 54 valence electrons. The van der Waals surface area contributed by atoms with E-state index in [0.29, 0.717) is 17.4 Å². The lowest BCUT2D eigenvalue weighted by Crippen LogP contribution is -1.94. The third-order valence-corrected chi connectivity index (χ3v) is 1.90. The Bertz CT molecular complexity index is 193. The van der Waals surface area contributed by atoms with E-state index < -0.39 is 0 Å². The summed E-state index contributed by atoms with van der Waals surface area (Å²) in [6.45, 7) is 3.59. The van der Waals surface area contributed by atoms with Crippen LogP contribution in [0, 0.1) is 5.92 Å². The van der Waals surface area contributed by atoms with Gasteiger partial charge in [0.25, 0.3) is 0 Å². The van der Waals surface area contributed by atoms with Gasteiger partial charge in [0.1, 0.15) is 0 Å². The molecule has 1 atom stereocenters. The molecule has 1 nitrogen and oxygen atoms in total. The highest BCUT2D eigenvalue weighted by Gasteiger charge is 2.20. The van der Waals surface area contributed by atoms with Crippen molar-refractivity contribution in [1.29, 1.82) is 0 Å². The predicted molar refractivity (Wildman–Crippen MR) is 41.9 cm³/mol. The van der Waals surface area contributed by atoms with Crippen molar-refractivity contribution in [3.8, 4) is 0 Å². The van der Waals surface area contributed by atoms with E-state index in [-0.39, 0.29) is 5.78 Å². The SMILES string of the molecule is C=CC[C@H]1C=C(Cl)C(=O)C1. The average Bonchev–Trinajstić information content (AvgIpc) is 2.14. The summed E-state index contributed by atoms with van der Waals surface area (Å²) >= 11 is 5.57. The van der Waals surface area contributed by atoms with Gasteiger partial charge in [-0.05, 0) is 12.3 Å². The molecule has 0 heterocycles. The molecule has 0 unspecified atom stereocenters. The van der Waals surface area contributed by atoms with Crippen LogP contribution in [-0.4, -0.2) is 5.78 Å². The molecule has 0 N–H and O–H groups in total. The molecular formula is C8H9ClO. The van der Waals surface area contributed by atoms with Crippen LogP contribution >= 0.6 is 11.6 Å². The smallest absolute Gasteiger partial charge is 0.174 e. The van der Waals surface area contributed by atoms with Crippen molar-refractivity contribution in [2.45, 2.75) is 12.8 Å². The van der Waals surface area contributed by atoms with Crippen LogP contribution in [0.2, 0.25) is 0 Å². The molecule has 0 fully saturated rings. The largest absolute Gasteiger partial charge is 0.293 e. The van der Waals surface area contributed by atoms with E-state index in [1.54, 1.807) is 0 Å². The Morgan fingerprint density at radius 1 is 1.90 bits per heavy atom. The topological polar surface area (TPSA) is 17.1 Å². The van der Waals surface area contributed by atoms with Gasteiger partial charge in [-0.2, -0.15) is 0 Å². The first-order valence-corrected chi connectivity index (χ1v) is 3.63. The highest BCUT2D eigenvalue weighted by Crippen LogP contribution is 2.25. The number of hydrogen-bond acceptors (Lipinski definition) is 1. The molecule has 1 aliphatic rings. The number of Topliss-reactive ketones (excluding diaryl/α,β-unsaturated/α-hetero) is 1. The Balaban J connectivity index is 2.56. The molecule has 0 aromatic heterocycles. The molecule has 0 saturated heterocycles. The number of carbonyl (C=O) groups excluding carboxylic acids is 1. The maximum absolute atomic E-state index is 10.8. The molecule has 0 aliphatic heterocycles. The van der Waals surface area contributed by atoms with Crippen LogP contribution in [0.4, 0.5) is 0 Å². The molecule has 10 heavy (non-hydrogen) atoms. The Kier molecular flexibility index (Phi) is 2.28. The number of carbonyl (C=O) groups is 1. The van der Waals surface area contributed by atoms with Gasteiger partial charge < -0.3 is 0 Å². The van der Waals surface area contributed by atoms with E-state index in [9.17, 15) is 4.79 Å². The lowest BCUT2D eigenvalue weighted by molar-refractivity contribution is -0.114. The zero-order chi connectivity index (χ0) is 7.56. The molecule has 0 saturated carbocycles. The van der Waals surface area contributed by atoms with Crippen molar-refractivity contribution in [1.82, 2.24) is 0 Å². The van der Waals surface area contributed by atoms with E-state index in [1.807, 2.05) is 12.2 Å². The number of hydrogen-bond donors (Lipinski definition) is 0. The quantitative estimate of drug-likeness (QED) is 0.561. The average molecular weight is 157 g/mol. The Morgan fingerprint density at radius 2 is 2.60 bits per heavy atom. The van der Waals surface area contributed by atoms with Crippen LogP contribution in [0.25, 0.3) is 0 Å². The monoisotopic (exact) mass is 156 g/mol. The van der Waals surface area contributed by atoms with Crippen molar-refractivity contribution in [2.24, 2.45) is 5.92 Å². The second-order valence-corrected chi connectivity index (χ2v) is 2.83. The van der Waals surface area contributed by atoms with E-state index in [1.165, 1.54) is 0 Å². The zero-order valence-electron chi connectivity index (χ0n) is 5.64. The van der Waals surface area contributed by atoms with Crippen molar-refractivity contribution in [3.63, 3.8) is 0 Å². The fourth-order valence-corrected chi connectivity index (χ4v) is 1.32. The van der Waals surface area contributed by atoms with Gasteiger partial charge in [0.2, 0.25) is 0 Å². The molecule has 0 radical (unpaired) electrons. The van der Waals surface area contributed by atoms with Gasteiger partial charge in [0.15, 0.2) is 5.78 Å². The first-order chi connectivity index (χ1) is 4.74. The fourth-order valence-electron chi connectivity index (χ4n) is 1.06. The van der Waals surface area contributed by atoms with Gasteiger partial charge in [-0.15, -0.1) is 6.58 Å². The van der Waals surface area contributed by atoms with E-state index >= 15 is 0 Å². The second kappa shape index (κ2) is 3.02. The van der Waals surface area contributed by atoms with Crippen LogP contribution in [0.1, 0.15) is 12.8 Å². The van der Waals surface area contributed by atoms with Crippen molar-refractivity contribution < 1.29 is 4.79 Å². The van der Waals surface area contributed by atoms with Crippen molar-refractivity contribution in [2.75, 3.05) is 0 Å². The summed E-state index contributed by atoms with van der Waals surface area (Å²) in [6.07, 6.45) is 5.03. The maximum Gasteiger partial charge on any atom is 0.174 e. The molecule has 0 aromatic carbocycles. The van der Waals surface area contributed by atoms with E-state index in [2.05, 4.69) is 6.58 Å². The number of halogens is 1. The van der Waals surface area contributed by atoms with Gasteiger partial charge in [-0.25, -0.2) is 0 Å². The van der Waals surface area contributed by atoms with Crippen molar-refractivity contribution in [3.05, 3.63) is 23.8 Å². The van der Waals surface area contributed by atoms with Gasteiger partial charge in [-0.1, -0.05) is 23.8 Å². The van der Waals surface area contributed by atoms with E-state index in [0.717, 1.165) is 6.42 Å². The minimum absolute atomic E-state index is 0.0634. The lowest BCUT2D eigenvalue weighted by Gasteiger charge is -1.97. The number of rotatable bonds is 2. The van der Waals surface area contributed by atoms with Crippen LogP contribution < -0.4 is 0 Å². The Hall–Kier alpha value is -0.560.